The second-order valence-corrected chi connectivity index (χ2v) is 9.92. The van der Waals surface area contributed by atoms with E-state index in [9.17, 15) is 4.79 Å². The Hall–Kier alpha value is -3.13. The Morgan fingerprint density at radius 1 is 0.744 bits per heavy atom. The van der Waals surface area contributed by atoms with E-state index in [2.05, 4.69) is 32.2 Å². The van der Waals surface area contributed by atoms with Crippen molar-refractivity contribution in [3.8, 4) is 23.0 Å². The Labute approximate surface area is 235 Å². The van der Waals surface area contributed by atoms with Gasteiger partial charge in [-0.25, -0.2) is 4.79 Å². The van der Waals surface area contributed by atoms with Crippen molar-refractivity contribution in [2.24, 2.45) is 0 Å². The van der Waals surface area contributed by atoms with Gasteiger partial charge in [-0.3, -0.25) is 4.48 Å². The zero-order valence-corrected chi connectivity index (χ0v) is 25.1. The number of nitrogens with zero attached hydrogens (tertiary/aromatic N) is 2. The molecule has 8 nitrogen and oxygen atoms in total. The van der Waals surface area contributed by atoms with Gasteiger partial charge >= 0.3 is 6.09 Å². The molecule has 0 N–H and O–H groups in total. The quantitative estimate of drug-likeness (QED) is 0.161. The molecule has 2 aromatic carbocycles. The van der Waals surface area contributed by atoms with Crippen molar-refractivity contribution in [3.63, 3.8) is 0 Å². The molecule has 0 heterocycles. The molecule has 0 radical (unpaired) electrons. The maximum Gasteiger partial charge on any atom is 0.409 e. The molecule has 0 aliphatic heterocycles. The van der Waals surface area contributed by atoms with Crippen LogP contribution in [0.5, 0.6) is 23.0 Å². The third-order valence-electron chi connectivity index (χ3n) is 7.22. The Kier molecular flexibility index (Phi) is 13.8. The lowest BCUT2D eigenvalue weighted by Gasteiger charge is -2.35. The molecule has 1 unspecified atom stereocenters. The van der Waals surface area contributed by atoms with Crippen molar-refractivity contribution in [1.29, 1.82) is 0 Å². The fourth-order valence-corrected chi connectivity index (χ4v) is 4.79. The molecule has 0 saturated heterocycles. The molecule has 1 amide bonds. The fourth-order valence-electron chi connectivity index (χ4n) is 4.79. The van der Waals surface area contributed by atoms with Gasteiger partial charge in [0.25, 0.3) is 0 Å². The van der Waals surface area contributed by atoms with Crippen LogP contribution in [-0.2, 0) is 11.2 Å². The zero-order valence-electron chi connectivity index (χ0n) is 25.1. The van der Waals surface area contributed by atoms with Gasteiger partial charge in [0.2, 0.25) is 0 Å². The number of ether oxygens (including phenoxy) is 5. The zero-order chi connectivity index (χ0) is 28.7. The van der Waals surface area contributed by atoms with E-state index >= 15 is 0 Å². The second-order valence-electron chi connectivity index (χ2n) is 9.92. The lowest BCUT2D eigenvalue weighted by molar-refractivity contribution is 0.105. The number of carbonyl (C=O) groups excluding carboxylic acids is 1. The smallest absolute Gasteiger partial charge is 0.409 e. The van der Waals surface area contributed by atoms with Crippen molar-refractivity contribution < 1.29 is 28.5 Å². The number of methoxy groups -OCH3 is 4. The Bertz CT molecular complexity index is 1010. The molecular formula is C31H49N2O6+. The predicted molar refractivity (Wildman–Crippen MR) is 158 cm³/mol. The molecule has 8 heteroatoms. The maximum absolute atomic E-state index is 12.7. The van der Waals surface area contributed by atoms with E-state index in [1.54, 1.807) is 28.4 Å². The predicted octanol–water partition coefficient (Wildman–Crippen LogP) is 6.33. The summed E-state index contributed by atoms with van der Waals surface area (Å²) in [5.74, 6) is 2.85. The largest absolute Gasteiger partial charge is 0.493 e. The highest BCUT2D eigenvalue weighted by atomic mass is 16.6. The Balaban J connectivity index is 2.25. The first-order valence-electron chi connectivity index (χ1n) is 14.0. The minimum atomic E-state index is -0.223. The van der Waals surface area contributed by atoms with Gasteiger partial charge in [-0.2, -0.15) is 0 Å². The van der Waals surface area contributed by atoms with Crippen LogP contribution in [0.15, 0.2) is 36.4 Å². The van der Waals surface area contributed by atoms with Crippen LogP contribution in [0.3, 0.4) is 0 Å². The van der Waals surface area contributed by atoms with Gasteiger partial charge < -0.3 is 28.6 Å². The molecule has 0 aliphatic carbocycles. The molecular weight excluding hydrogens is 496 g/mol. The molecule has 1 atom stereocenters. The third kappa shape index (κ3) is 9.53. The summed E-state index contributed by atoms with van der Waals surface area (Å²) < 4.78 is 28.1. The van der Waals surface area contributed by atoms with E-state index in [1.165, 1.54) is 18.4 Å². The number of hydrogen-bond donors (Lipinski definition) is 0. The van der Waals surface area contributed by atoms with Gasteiger partial charge in [0, 0.05) is 38.1 Å². The van der Waals surface area contributed by atoms with E-state index in [1.807, 2.05) is 30.0 Å². The number of carbonyl (C=O) groups is 1. The van der Waals surface area contributed by atoms with Crippen LogP contribution in [0.1, 0.15) is 51.5 Å². The van der Waals surface area contributed by atoms with Gasteiger partial charge in [-0.05, 0) is 37.1 Å². The first-order chi connectivity index (χ1) is 18.8. The van der Waals surface area contributed by atoms with Gasteiger partial charge in [-0.15, -0.1) is 0 Å². The highest BCUT2D eigenvalue weighted by molar-refractivity contribution is 5.67. The van der Waals surface area contributed by atoms with E-state index < -0.39 is 0 Å². The monoisotopic (exact) mass is 545 g/mol. The summed E-state index contributed by atoms with van der Waals surface area (Å²) in [6.07, 6.45) is 5.92. The van der Waals surface area contributed by atoms with E-state index in [0.717, 1.165) is 62.5 Å². The topological polar surface area (TPSA) is 66.5 Å². The van der Waals surface area contributed by atoms with Crippen molar-refractivity contribution in [2.75, 3.05) is 68.3 Å². The maximum atomic E-state index is 12.7. The molecule has 0 bridgehead atoms. The van der Waals surface area contributed by atoms with Crippen LogP contribution in [0.25, 0.3) is 0 Å². The van der Waals surface area contributed by atoms with Crippen molar-refractivity contribution >= 4 is 11.8 Å². The van der Waals surface area contributed by atoms with E-state index in [4.69, 9.17) is 23.7 Å². The lowest BCUT2D eigenvalue weighted by atomic mass is 10.1. The standard InChI is InChI=1S/C31H49N2O6/c1-8-10-11-12-19-32(31(34)39-9-2)20-13-21-33(3,26-15-17-28(36-5)30(24-26)38-7)22-18-25-14-16-27(35-4)29(23-25)37-6/h14-17,23-24H,8-13,18-22H2,1-7H3/q+1. The first-order valence-corrected chi connectivity index (χ1v) is 14.0. The summed E-state index contributed by atoms with van der Waals surface area (Å²) in [6, 6.07) is 12.2. The average molecular weight is 546 g/mol. The number of rotatable bonds is 18. The van der Waals surface area contributed by atoms with Crippen LogP contribution in [-0.4, -0.2) is 79.3 Å². The second kappa shape index (κ2) is 16.7. The van der Waals surface area contributed by atoms with Gasteiger partial charge in [-0.1, -0.05) is 32.3 Å². The average Bonchev–Trinajstić information content (AvgIpc) is 2.96. The van der Waals surface area contributed by atoms with Gasteiger partial charge in [0.1, 0.15) is 5.69 Å². The van der Waals surface area contributed by atoms with Crippen molar-refractivity contribution in [1.82, 2.24) is 9.38 Å². The number of unbranched alkanes of at least 4 members (excludes halogenated alkanes) is 3. The summed E-state index contributed by atoms with van der Waals surface area (Å²) >= 11 is 0. The molecule has 2 rings (SSSR count). The highest BCUT2D eigenvalue weighted by Gasteiger charge is 2.27. The van der Waals surface area contributed by atoms with Crippen LogP contribution in [0, 0.1) is 0 Å². The molecule has 0 aliphatic rings. The normalized spacial score (nSPS) is 12.4. The van der Waals surface area contributed by atoms with E-state index in [0.29, 0.717) is 29.1 Å². The van der Waals surface area contributed by atoms with Crippen molar-refractivity contribution in [2.45, 2.75) is 52.4 Å². The summed E-state index contributed by atoms with van der Waals surface area (Å²) in [5.41, 5.74) is 2.29. The first kappa shape index (κ1) is 32.1. The minimum Gasteiger partial charge on any atom is -0.493 e. The molecule has 0 aromatic heterocycles. The SMILES string of the molecule is CCCCCCN(CCC[N+](C)(CCc1ccc(OC)c(OC)c1)c1ccc(OC)c(OC)c1)C(=O)OCC. The van der Waals surface area contributed by atoms with Gasteiger partial charge in [0.15, 0.2) is 23.0 Å². The summed E-state index contributed by atoms with van der Waals surface area (Å²) in [5, 5.41) is 0. The Morgan fingerprint density at radius 3 is 1.97 bits per heavy atom. The lowest BCUT2D eigenvalue weighted by Crippen LogP contribution is -2.48. The third-order valence-corrected chi connectivity index (χ3v) is 7.22. The number of quaternary nitrogens is 1. The van der Waals surface area contributed by atoms with Crippen LogP contribution < -0.4 is 23.4 Å². The van der Waals surface area contributed by atoms with E-state index in [-0.39, 0.29) is 6.09 Å². The number of amides is 1. The van der Waals surface area contributed by atoms with Crippen LogP contribution >= 0.6 is 0 Å². The molecule has 0 fully saturated rings. The summed E-state index contributed by atoms with van der Waals surface area (Å²) in [6.45, 7) is 7.50. The van der Waals surface area contributed by atoms with Crippen LogP contribution in [0.2, 0.25) is 0 Å². The summed E-state index contributed by atoms with van der Waals surface area (Å²) in [4.78, 5) is 14.5. The Morgan fingerprint density at radius 2 is 1.36 bits per heavy atom. The number of hydrogen-bond acceptors (Lipinski definition) is 6. The fraction of sp³-hybridized carbons (Fsp3) is 0.581. The number of benzene rings is 2. The molecule has 39 heavy (non-hydrogen) atoms. The molecule has 0 spiro atoms. The van der Waals surface area contributed by atoms with Gasteiger partial charge in [0.05, 0.1) is 55.2 Å². The summed E-state index contributed by atoms with van der Waals surface area (Å²) in [7, 11) is 8.84. The van der Waals surface area contributed by atoms with Crippen molar-refractivity contribution in [3.05, 3.63) is 42.0 Å². The van der Waals surface area contributed by atoms with Crippen LogP contribution in [0.4, 0.5) is 10.5 Å². The minimum absolute atomic E-state index is 0.223. The number of likely N-dealkylation sites (N-methyl/N-ethyl adjacent to an activating group) is 1. The molecule has 0 saturated carbocycles. The molecule has 2 aromatic rings. The molecule has 218 valence electrons. The highest BCUT2D eigenvalue weighted by Crippen LogP contribution is 2.35.